The molecule has 1 aliphatic heterocycles. The van der Waals surface area contributed by atoms with Crippen molar-refractivity contribution < 1.29 is 34.2 Å². The highest BCUT2D eigenvalue weighted by Crippen LogP contribution is 2.30. The Morgan fingerprint density at radius 2 is 1.76 bits per heavy atom. The van der Waals surface area contributed by atoms with Crippen LogP contribution in [0.15, 0.2) is 90.6 Å². The van der Waals surface area contributed by atoms with E-state index in [9.17, 15) is 24.3 Å². The summed E-state index contributed by atoms with van der Waals surface area (Å²) in [5.74, 6) is -1.74. The standard InChI is InChI=1S/C48H59N7O7S/c1-31(35-15-17-36(18-16-35)44-32(2)50-30-63-44)51-46(59)41-26-38(56)29-55(41)47(60)45(48(3,4)5)52-42(57)21-24-62-25-23-54(22-20-37-27-49-40-9-7-6-8-39(37)40)28-34-12-10-33(11-13-34)14-19-43(58)53-61/h6-19,27,30-31,38,41,45,49,56,61H,20-26,28-29H2,1-5H3,(H,51,59)(H,52,57)(H,53,58)/b19-14+/t31-,38+,41+,45+/m1/s1. The Kier molecular flexibility index (Phi) is 16.0. The second kappa shape index (κ2) is 21.6. The molecule has 6 N–H and O–H groups in total. The zero-order chi connectivity index (χ0) is 45.1. The molecule has 5 aromatic rings. The van der Waals surface area contributed by atoms with Crippen molar-refractivity contribution in [1.29, 1.82) is 0 Å². The number of H-pyrrole nitrogens is 1. The van der Waals surface area contributed by atoms with E-state index in [1.54, 1.807) is 22.9 Å². The quantitative estimate of drug-likeness (QED) is 0.0253. The number of rotatable bonds is 19. The predicted molar refractivity (Wildman–Crippen MR) is 244 cm³/mol. The monoisotopic (exact) mass is 877 g/mol. The lowest BCUT2D eigenvalue weighted by atomic mass is 9.85. The number of hydrogen-bond donors (Lipinski definition) is 6. The first-order valence-corrected chi connectivity index (χ1v) is 22.2. The fraction of sp³-hybridized carbons (Fsp3) is 0.396. The minimum absolute atomic E-state index is 0.0128. The summed E-state index contributed by atoms with van der Waals surface area (Å²) in [6.07, 6.45) is 4.98. The number of ether oxygens (including phenoxy) is 1. The van der Waals surface area contributed by atoms with Crippen LogP contribution in [0.2, 0.25) is 0 Å². The largest absolute Gasteiger partial charge is 0.391 e. The number of carbonyl (C=O) groups excluding carboxylic acids is 4. The first kappa shape index (κ1) is 46.8. The van der Waals surface area contributed by atoms with Crippen LogP contribution in [-0.4, -0.2) is 105 Å². The summed E-state index contributed by atoms with van der Waals surface area (Å²) in [4.78, 5) is 65.1. The number of aromatic nitrogens is 2. The van der Waals surface area contributed by atoms with Gasteiger partial charge in [-0.2, -0.15) is 0 Å². The number of aromatic amines is 1. The lowest BCUT2D eigenvalue weighted by Crippen LogP contribution is -2.58. The Morgan fingerprint density at radius 3 is 2.46 bits per heavy atom. The number of hydrogen-bond acceptors (Lipinski definition) is 10. The maximum atomic E-state index is 14.2. The van der Waals surface area contributed by atoms with Gasteiger partial charge in [0, 0.05) is 62.2 Å². The second-order valence-electron chi connectivity index (χ2n) is 17.2. The van der Waals surface area contributed by atoms with Gasteiger partial charge >= 0.3 is 0 Å². The van der Waals surface area contributed by atoms with E-state index in [4.69, 9.17) is 9.94 Å². The van der Waals surface area contributed by atoms with Gasteiger partial charge in [-0.25, -0.2) is 10.5 Å². The van der Waals surface area contributed by atoms with Crippen LogP contribution in [0.25, 0.3) is 27.4 Å². The number of thiazole rings is 1. The molecule has 3 aromatic carbocycles. The summed E-state index contributed by atoms with van der Waals surface area (Å²) < 4.78 is 6.00. The molecule has 6 rings (SSSR count). The van der Waals surface area contributed by atoms with Gasteiger partial charge in [-0.05, 0) is 65.6 Å². The van der Waals surface area contributed by atoms with Gasteiger partial charge in [0.25, 0.3) is 5.91 Å². The lowest BCUT2D eigenvalue weighted by molar-refractivity contribution is -0.144. The zero-order valence-corrected chi connectivity index (χ0v) is 37.4. The molecule has 1 aliphatic rings. The normalized spacial score (nSPS) is 16.4. The van der Waals surface area contributed by atoms with Crippen molar-refractivity contribution in [2.24, 2.45) is 5.41 Å². The average Bonchev–Trinajstić information content (AvgIpc) is 4.01. The van der Waals surface area contributed by atoms with E-state index in [2.05, 4.69) is 37.6 Å². The third-order valence-corrected chi connectivity index (χ3v) is 12.4. The lowest BCUT2D eigenvalue weighted by Gasteiger charge is -2.35. The van der Waals surface area contributed by atoms with Crippen LogP contribution in [-0.2, 0) is 36.9 Å². The number of β-amino-alcohol motifs (C(OH)–C–C–N with tert-alkyl or cyclic N) is 1. The van der Waals surface area contributed by atoms with Gasteiger partial charge in [-0.15, -0.1) is 11.3 Å². The molecule has 15 heteroatoms. The molecule has 0 saturated carbocycles. The maximum absolute atomic E-state index is 14.2. The Morgan fingerprint density at radius 1 is 1.02 bits per heavy atom. The maximum Gasteiger partial charge on any atom is 0.267 e. The molecule has 334 valence electrons. The number of aryl methyl sites for hydroxylation is 1. The van der Waals surface area contributed by atoms with Crippen LogP contribution >= 0.6 is 11.3 Å². The van der Waals surface area contributed by atoms with Crippen molar-refractivity contribution in [2.45, 2.75) is 84.7 Å². The van der Waals surface area contributed by atoms with Gasteiger partial charge in [0.2, 0.25) is 17.7 Å². The zero-order valence-electron chi connectivity index (χ0n) is 36.6. The van der Waals surface area contributed by atoms with Crippen molar-refractivity contribution in [1.82, 2.24) is 35.9 Å². The minimum atomic E-state index is -0.945. The van der Waals surface area contributed by atoms with Gasteiger partial charge in [-0.3, -0.25) is 29.3 Å². The van der Waals surface area contributed by atoms with Crippen molar-refractivity contribution in [3.05, 3.63) is 119 Å². The fourth-order valence-electron chi connectivity index (χ4n) is 7.80. The number of fused-ring (bicyclic) bond motifs is 1. The SMILES string of the molecule is Cc1ncsc1-c1ccc([C@@H](C)NC(=O)[C@@H]2C[C@H](O)CN2C(=O)[C@H](NC(=O)CCOCCN(CCc2c[nH]c3ccccc23)Cc2ccc(/C=C/C(=O)NO)cc2)C(C)(C)C)cc1. The number of para-hydroxylation sites is 1. The predicted octanol–water partition coefficient (Wildman–Crippen LogP) is 5.94. The molecular formula is C48H59N7O7S. The van der Waals surface area contributed by atoms with Gasteiger partial charge in [0.15, 0.2) is 0 Å². The van der Waals surface area contributed by atoms with Crippen LogP contribution in [0, 0.1) is 12.3 Å². The summed E-state index contributed by atoms with van der Waals surface area (Å²) in [6.45, 7) is 11.9. The van der Waals surface area contributed by atoms with Gasteiger partial charge in [0.1, 0.15) is 12.1 Å². The Balaban J connectivity index is 1.01. The molecule has 14 nitrogen and oxygen atoms in total. The van der Waals surface area contributed by atoms with Crippen LogP contribution in [0.5, 0.6) is 0 Å². The summed E-state index contributed by atoms with van der Waals surface area (Å²) in [5.41, 5.74) is 9.82. The third kappa shape index (κ3) is 12.7. The molecule has 0 radical (unpaired) electrons. The van der Waals surface area contributed by atoms with E-state index in [0.29, 0.717) is 19.7 Å². The number of aliphatic hydroxyl groups is 1. The van der Waals surface area contributed by atoms with E-state index in [1.165, 1.54) is 21.9 Å². The molecular weight excluding hydrogens is 819 g/mol. The Hall–Kier alpha value is -5.71. The number of aliphatic hydroxyl groups excluding tert-OH is 1. The number of carbonyl (C=O) groups is 4. The van der Waals surface area contributed by atoms with E-state index in [-0.39, 0.29) is 43.8 Å². The van der Waals surface area contributed by atoms with Gasteiger partial charge in [-0.1, -0.05) is 87.5 Å². The molecule has 4 atom stereocenters. The van der Waals surface area contributed by atoms with Crippen molar-refractivity contribution in [2.75, 3.05) is 32.8 Å². The molecule has 1 fully saturated rings. The number of nitrogens with one attached hydrogen (secondary N) is 4. The molecule has 0 spiro atoms. The summed E-state index contributed by atoms with van der Waals surface area (Å²) in [6, 6.07) is 21.8. The summed E-state index contributed by atoms with van der Waals surface area (Å²) in [5, 5.41) is 26.6. The molecule has 0 aliphatic carbocycles. The number of amides is 4. The van der Waals surface area contributed by atoms with Crippen LogP contribution < -0.4 is 16.1 Å². The van der Waals surface area contributed by atoms with Crippen LogP contribution in [0.1, 0.15) is 74.5 Å². The molecule has 3 heterocycles. The summed E-state index contributed by atoms with van der Waals surface area (Å²) >= 11 is 1.58. The van der Waals surface area contributed by atoms with E-state index < -0.39 is 35.4 Å². The first-order chi connectivity index (χ1) is 30.2. The highest BCUT2D eigenvalue weighted by molar-refractivity contribution is 7.13. The van der Waals surface area contributed by atoms with Crippen LogP contribution in [0.3, 0.4) is 0 Å². The van der Waals surface area contributed by atoms with E-state index >= 15 is 0 Å². The molecule has 0 bridgehead atoms. The summed E-state index contributed by atoms with van der Waals surface area (Å²) in [7, 11) is 0. The minimum Gasteiger partial charge on any atom is -0.391 e. The molecule has 4 amide bonds. The smallest absolute Gasteiger partial charge is 0.267 e. The van der Waals surface area contributed by atoms with Crippen molar-refractivity contribution >= 4 is 51.9 Å². The Labute approximate surface area is 372 Å². The highest BCUT2D eigenvalue weighted by Gasteiger charge is 2.44. The van der Waals surface area contributed by atoms with Crippen molar-refractivity contribution in [3.8, 4) is 10.4 Å². The molecule has 0 unspecified atom stereocenters. The van der Waals surface area contributed by atoms with Crippen molar-refractivity contribution in [3.63, 3.8) is 0 Å². The highest BCUT2D eigenvalue weighted by atomic mass is 32.1. The molecule has 63 heavy (non-hydrogen) atoms. The first-order valence-electron chi connectivity index (χ1n) is 21.3. The third-order valence-electron chi connectivity index (χ3n) is 11.4. The van der Waals surface area contributed by atoms with Gasteiger partial charge < -0.3 is 30.4 Å². The van der Waals surface area contributed by atoms with Gasteiger partial charge in [0.05, 0.1) is 41.4 Å². The van der Waals surface area contributed by atoms with E-state index in [1.807, 2.05) is 107 Å². The number of benzene rings is 3. The molecule has 2 aromatic heterocycles. The number of likely N-dealkylation sites (tertiary alicyclic amines) is 1. The number of hydroxylamine groups is 1. The second-order valence-corrected chi connectivity index (χ2v) is 18.0. The van der Waals surface area contributed by atoms with E-state index in [0.717, 1.165) is 51.3 Å². The molecule has 1 saturated heterocycles. The fourth-order valence-corrected chi connectivity index (χ4v) is 8.61. The Bertz CT molecular complexity index is 2350. The average molecular weight is 878 g/mol. The van der Waals surface area contributed by atoms with Crippen LogP contribution in [0.4, 0.5) is 0 Å². The number of nitrogens with zero attached hydrogens (tertiary/aromatic N) is 3. The topological polar surface area (TPSA) is 189 Å².